The van der Waals surface area contributed by atoms with Crippen LogP contribution >= 0.6 is 0 Å². The summed E-state index contributed by atoms with van der Waals surface area (Å²) in [7, 11) is 0. The van der Waals surface area contributed by atoms with Gasteiger partial charge in [0.15, 0.2) is 0 Å². The molecule has 1 fully saturated rings. The number of carbonyl (C=O) groups excluding carboxylic acids is 1. The molecule has 2 N–H and O–H groups in total. The molecule has 0 aromatic heterocycles. The summed E-state index contributed by atoms with van der Waals surface area (Å²) in [6.45, 7) is 1.56. The summed E-state index contributed by atoms with van der Waals surface area (Å²) >= 11 is 0. The monoisotopic (exact) mass is 326 g/mol. The van der Waals surface area contributed by atoms with Crippen molar-refractivity contribution in [2.75, 3.05) is 25.0 Å². The maximum absolute atomic E-state index is 12.3. The summed E-state index contributed by atoms with van der Waals surface area (Å²) in [5.74, 6) is 1.75. The molecule has 0 aliphatic carbocycles. The normalized spacial score (nSPS) is 15.1. The van der Waals surface area contributed by atoms with Gasteiger partial charge in [0, 0.05) is 31.5 Å². The van der Waals surface area contributed by atoms with Crippen LogP contribution in [0.5, 0.6) is 11.5 Å². The second-order valence-corrected chi connectivity index (χ2v) is 5.99. The number of ether oxygens (including phenoxy) is 1. The molecule has 126 valence electrons. The van der Waals surface area contributed by atoms with Gasteiger partial charge in [0.1, 0.15) is 11.5 Å². The zero-order valence-corrected chi connectivity index (χ0v) is 13.5. The van der Waals surface area contributed by atoms with E-state index in [4.69, 9.17) is 9.84 Å². The summed E-state index contributed by atoms with van der Waals surface area (Å²) in [5.41, 5.74) is 0.706. The van der Waals surface area contributed by atoms with E-state index in [0.717, 1.165) is 18.6 Å². The SMILES string of the molecule is O=C(Nc1cccc(Oc2ccccc2)c1)N1CCC(CO)CC1. The van der Waals surface area contributed by atoms with Crippen LogP contribution in [0.25, 0.3) is 0 Å². The number of aliphatic hydroxyl groups is 1. The first-order valence-electron chi connectivity index (χ1n) is 8.24. The van der Waals surface area contributed by atoms with Crippen molar-refractivity contribution >= 4 is 11.7 Å². The van der Waals surface area contributed by atoms with Crippen molar-refractivity contribution in [3.8, 4) is 11.5 Å². The average molecular weight is 326 g/mol. The van der Waals surface area contributed by atoms with Gasteiger partial charge in [-0.25, -0.2) is 4.79 Å². The number of aliphatic hydroxyl groups excluding tert-OH is 1. The van der Waals surface area contributed by atoms with E-state index in [1.807, 2.05) is 54.6 Å². The lowest BCUT2D eigenvalue weighted by Gasteiger charge is -2.31. The molecule has 0 saturated carbocycles. The maximum Gasteiger partial charge on any atom is 0.321 e. The quantitative estimate of drug-likeness (QED) is 0.900. The fourth-order valence-electron chi connectivity index (χ4n) is 2.78. The van der Waals surface area contributed by atoms with Crippen molar-refractivity contribution in [2.45, 2.75) is 12.8 Å². The minimum absolute atomic E-state index is 0.108. The summed E-state index contributed by atoms with van der Waals surface area (Å²) in [4.78, 5) is 14.1. The van der Waals surface area contributed by atoms with Gasteiger partial charge in [-0.2, -0.15) is 0 Å². The predicted molar refractivity (Wildman–Crippen MR) is 93.4 cm³/mol. The van der Waals surface area contributed by atoms with Gasteiger partial charge in [-0.05, 0) is 43.0 Å². The minimum Gasteiger partial charge on any atom is -0.457 e. The third kappa shape index (κ3) is 4.26. The summed E-state index contributed by atoms with van der Waals surface area (Å²) in [6, 6.07) is 16.8. The summed E-state index contributed by atoms with van der Waals surface area (Å²) < 4.78 is 5.78. The zero-order chi connectivity index (χ0) is 16.8. The average Bonchev–Trinajstić information content (AvgIpc) is 2.63. The molecule has 5 nitrogen and oxygen atoms in total. The van der Waals surface area contributed by atoms with Crippen molar-refractivity contribution in [3.63, 3.8) is 0 Å². The number of hydrogen-bond donors (Lipinski definition) is 2. The van der Waals surface area contributed by atoms with Crippen LogP contribution in [0.3, 0.4) is 0 Å². The first-order valence-corrected chi connectivity index (χ1v) is 8.24. The van der Waals surface area contributed by atoms with E-state index in [1.54, 1.807) is 4.90 Å². The Morgan fingerprint density at radius 3 is 2.50 bits per heavy atom. The van der Waals surface area contributed by atoms with Crippen LogP contribution in [0, 0.1) is 5.92 Å². The second-order valence-electron chi connectivity index (χ2n) is 5.99. The number of anilines is 1. The number of para-hydroxylation sites is 1. The first kappa shape index (κ1) is 16.3. The van der Waals surface area contributed by atoms with E-state index in [9.17, 15) is 4.79 Å². The Labute approximate surface area is 141 Å². The number of likely N-dealkylation sites (tertiary alicyclic amines) is 1. The molecule has 1 saturated heterocycles. The highest BCUT2D eigenvalue weighted by Crippen LogP contribution is 2.24. The minimum atomic E-state index is -0.108. The molecule has 2 aromatic carbocycles. The van der Waals surface area contributed by atoms with Crippen molar-refractivity contribution in [1.29, 1.82) is 0 Å². The number of amides is 2. The Bertz CT molecular complexity index is 667. The highest BCUT2D eigenvalue weighted by molar-refractivity contribution is 5.89. The molecule has 0 atom stereocenters. The van der Waals surface area contributed by atoms with E-state index in [2.05, 4.69) is 5.32 Å². The highest BCUT2D eigenvalue weighted by atomic mass is 16.5. The number of rotatable bonds is 4. The fourth-order valence-corrected chi connectivity index (χ4v) is 2.78. The molecule has 1 heterocycles. The number of benzene rings is 2. The van der Waals surface area contributed by atoms with E-state index >= 15 is 0 Å². The van der Waals surface area contributed by atoms with E-state index < -0.39 is 0 Å². The lowest BCUT2D eigenvalue weighted by molar-refractivity contribution is 0.143. The number of nitrogens with one attached hydrogen (secondary N) is 1. The third-order valence-corrected chi connectivity index (χ3v) is 4.22. The van der Waals surface area contributed by atoms with Gasteiger partial charge in [0.2, 0.25) is 0 Å². The van der Waals surface area contributed by atoms with Gasteiger partial charge in [0.05, 0.1) is 0 Å². The van der Waals surface area contributed by atoms with Gasteiger partial charge < -0.3 is 20.1 Å². The van der Waals surface area contributed by atoms with E-state index in [1.165, 1.54) is 0 Å². The second kappa shape index (κ2) is 7.84. The van der Waals surface area contributed by atoms with Crippen LogP contribution < -0.4 is 10.1 Å². The van der Waals surface area contributed by atoms with Crippen LogP contribution in [-0.4, -0.2) is 35.7 Å². The lowest BCUT2D eigenvalue weighted by Crippen LogP contribution is -2.41. The molecular weight excluding hydrogens is 304 g/mol. The number of piperidine rings is 1. The number of carbonyl (C=O) groups is 1. The van der Waals surface area contributed by atoms with Crippen molar-refractivity contribution in [1.82, 2.24) is 4.90 Å². The van der Waals surface area contributed by atoms with Crippen molar-refractivity contribution < 1.29 is 14.6 Å². The van der Waals surface area contributed by atoms with Gasteiger partial charge in [-0.3, -0.25) is 0 Å². The van der Waals surface area contributed by atoms with Crippen LogP contribution in [-0.2, 0) is 0 Å². The standard InChI is InChI=1S/C19H22N2O3/c22-14-15-9-11-21(12-10-15)19(23)20-16-5-4-8-18(13-16)24-17-6-2-1-3-7-17/h1-8,13,15,22H,9-12,14H2,(H,20,23). The topological polar surface area (TPSA) is 61.8 Å². The molecule has 2 amide bonds. The molecule has 5 heteroatoms. The van der Waals surface area contributed by atoms with E-state index in [0.29, 0.717) is 30.4 Å². The molecule has 2 aromatic rings. The van der Waals surface area contributed by atoms with Crippen molar-refractivity contribution in [2.24, 2.45) is 5.92 Å². The lowest BCUT2D eigenvalue weighted by atomic mass is 9.98. The maximum atomic E-state index is 12.3. The first-order chi connectivity index (χ1) is 11.7. The molecule has 0 spiro atoms. The molecule has 0 radical (unpaired) electrons. The fraction of sp³-hybridized carbons (Fsp3) is 0.316. The summed E-state index contributed by atoms with van der Waals surface area (Å²) in [5, 5.41) is 12.1. The Morgan fingerprint density at radius 2 is 1.79 bits per heavy atom. The van der Waals surface area contributed by atoms with Crippen LogP contribution in [0.2, 0.25) is 0 Å². The number of nitrogens with zero attached hydrogens (tertiary/aromatic N) is 1. The molecule has 3 rings (SSSR count). The molecule has 1 aliphatic rings. The largest absolute Gasteiger partial charge is 0.457 e. The van der Waals surface area contributed by atoms with Crippen LogP contribution in [0.4, 0.5) is 10.5 Å². The Morgan fingerprint density at radius 1 is 1.08 bits per heavy atom. The van der Waals surface area contributed by atoms with Gasteiger partial charge >= 0.3 is 6.03 Å². The number of hydrogen-bond acceptors (Lipinski definition) is 3. The predicted octanol–water partition coefficient (Wildman–Crippen LogP) is 3.72. The Kier molecular flexibility index (Phi) is 5.33. The molecular formula is C19H22N2O3. The molecule has 0 unspecified atom stereocenters. The zero-order valence-electron chi connectivity index (χ0n) is 13.5. The molecule has 1 aliphatic heterocycles. The number of urea groups is 1. The Hall–Kier alpha value is -2.53. The third-order valence-electron chi connectivity index (χ3n) is 4.22. The van der Waals surface area contributed by atoms with Gasteiger partial charge in [-0.1, -0.05) is 24.3 Å². The van der Waals surface area contributed by atoms with Crippen LogP contribution in [0.15, 0.2) is 54.6 Å². The molecule has 24 heavy (non-hydrogen) atoms. The smallest absolute Gasteiger partial charge is 0.321 e. The molecule has 0 bridgehead atoms. The Balaban J connectivity index is 1.59. The van der Waals surface area contributed by atoms with Crippen molar-refractivity contribution in [3.05, 3.63) is 54.6 Å². The van der Waals surface area contributed by atoms with Gasteiger partial charge in [-0.15, -0.1) is 0 Å². The summed E-state index contributed by atoms with van der Waals surface area (Å²) in [6.07, 6.45) is 1.70. The highest BCUT2D eigenvalue weighted by Gasteiger charge is 2.22. The van der Waals surface area contributed by atoms with Gasteiger partial charge in [0.25, 0.3) is 0 Å². The van der Waals surface area contributed by atoms with Crippen LogP contribution in [0.1, 0.15) is 12.8 Å². The van der Waals surface area contributed by atoms with E-state index in [-0.39, 0.29) is 12.6 Å².